The Hall–Kier alpha value is -1.51. The topological polar surface area (TPSA) is 66.9 Å². The first-order valence-corrected chi connectivity index (χ1v) is 9.49. The maximum absolute atomic E-state index is 15.1. The zero-order valence-corrected chi connectivity index (χ0v) is 14.2. The van der Waals surface area contributed by atoms with Gasteiger partial charge in [-0.2, -0.15) is 4.31 Å². The third-order valence-electron chi connectivity index (χ3n) is 4.58. The lowest BCUT2D eigenvalue weighted by Gasteiger charge is -2.38. The molecule has 0 atom stereocenters. The molecule has 1 aromatic carbocycles. The van der Waals surface area contributed by atoms with Crippen LogP contribution in [-0.4, -0.2) is 68.6 Å². The molecular weight excluding hydrogens is 335 g/mol. The number of nitrogens with zero attached hydrogens (tertiary/aromatic N) is 2. The highest BCUT2D eigenvalue weighted by molar-refractivity contribution is 7.89. The Labute approximate surface area is 141 Å². The molecule has 132 valence electrons. The standard InChI is InChI=1S/C16H21FN2O4S/c17-16(15(20)18-10-12-23-13-11-18)6-8-19(9-7-16)24(21,22)14-4-2-1-3-5-14/h1-5H,6-13H2. The Morgan fingerprint density at radius 3 is 2.21 bits per heavy atom. The summed E-state index contributed by atoms with van der Waals surface area (Å²) in [6.07, 6.45) is -0.232. The van der Waals surface area contributed by atoms with E-state index in [4.69, 9.17) is 4.74 Å². The van der Waals surface area contributed by atoms with Crippen LogP contribution in [0.25, 0.3) is 0 Å². The minimum atomic E-state index is -3.64. The fourth-order valence-corrected chi connectivity index (χ4v) is 4.55. The third-order valence-corrected chi connectivity index (χ3v) is 6.49. The number of piperidine rings is 1. The van der Waals surface area contributed by atoms with E-state index in [2.05, 4.69) is 0 Å². The van der Waals surface area contributed by atoms with Gasteiger partial charge in [0.05, 0.1) is 18.1 Å². The van der Waals surface area contributed by atoms with E-state index in [1.165, 1.54) is 21.3 Å². The molecule has 2 fully saturated rings. The van der Waals surface area contributed by atoms with Crippen LogP contribution < -0.4 is 0 Å². The second-order valence-corrected chi connectivity index (χ2v) is 8.02. The number of hydrogen-bond donors (Lipinski definition) is 0. The van der Waals surface area contributed by atoms with Crippen molar-refractivity contribution >= 4 is 15.9 Å². The second kappa shape index (κ2) is 6.78. The van der Waals surface area contributed by atoms with Crippen LogP contribution in [0, 0.1) is 0 Å². The summed E-state index contributed by atoms with van der Waals surface area (Å²) in [5.74, 6) is -0.539. The Kier molecular flexibility index (Phi) is 4.89. The summed E-state index contributed by atoms with van der Waals surface area (Å²) in [5.41, 5.74) is -1.99. The van der Waals surface area contributed by atoms with E-state index in [1.54, 1.807) is 18.2 Å². The molecule has 0 aromatic heterocycles. The number of hydrogen-bond acceptors (Lipinski definition) is 4. The number of alkyl halides is 1. The summed E-state index contributed by atoms with van der Waals surface area (Å²) < 4.78 is 46.6. The van der Waals surface area contributed by atoms with Crippen LogP contribution in [0.4, 0.5) is 4.39 Å². The van der Waals surface area contributed by atoms with Crippen LogP contribution in [0.5, 0.6) is 0 Å². The van der Waals surface area contributed by atoms with Crippen molar-refractivity contribution in [3.8, 4) is 0 Å². The number of ether oxygens (including phenoxy) is 1. The molecule has 2 heterocycles. The maximum Gasteiger partial charge on any atom is 0.260 e. The molecule has 0 spiro atoms. The van der Waals surface area contributed by atoms with E-state index in [0.717, 1.165) is 0 Å². The van der Waals surface area contributed by atoms with Crippen molar-refractivity contribution in [3.05, 3.63) is 30.3 Å². The molecule has 2 saturated heterocycles. The van der Waals surface area contributed by atoms with E-state index in [1.807, 2.05) is 0 Å². The fourth-order valence-electron chi connectivity index (χ4n) is 3.09. The fraction of sp³-hybridized carbons (Fsp3) is 0.562. The van der Waals surface area contributed by atoms with Gasteiger partial charge in [0, 0.05) is 39.0 Å². The Bertz CT molecular complexity index is 681. The molecule has 0 N–H and O–H groups in total. The van der Waals surface area contributed by atoms with Crippen molar-refractivity contribution in [1.82, 2.24) is 9.21 Å². The van der Waals surface area contributed by atoms with Crippen LogP contribution in [0.15, 0.2) is 35.2 Å². The number of morpholine rings is 1. The summed E-state index contributed by atoms with van der Waals surface area (Å²) in [6.45, 7) is 1.60. The molecule has 2 aliphatic rings. The Balaban J connectivity index is 1.67. The molecule has 1 aromatic rings. The zero-order chi connectivity index (χ0) is 17.2. The van der Waals surface area contributed by atoms with Crippen molar-refractivity contribution in [2.75, 3.05) is 39.4 Å². The summed E-state index contributed by atoms with van der Waals surface area (Å²) >= 11 is 0. The lowest BCUT2D eigenvalue weighted by Crippen LogP contribution is -2.55. The van der Waals surface area contributed by atoms with Crippen molar-refractivity contribution in [3.63, 3.8) is 0 Å². The number of carbonyl (C=O) groups excluding carboxylic acids is 1. The van der Waals surface area contributed by atoms with E-state index < -0.39 is 21.6 Å². The van der Waals surface area contributed by atoms with Crippen LogP contribution in [-0.2, 0) is 19.6 Å². The number of carbonyl (C=O) groups is 1. The van der Waals surface area contributed by atoms with Gasteiger partial charge in [0.1, 0.15) is 0 Å². The first-order valence-electron chi connectivity index (χ1n) is 8.05. The molecule has 0 saturated carbocycles. The molecular formula is C16H21FN2O4S. The normalized spacial score (nSPS) is 22.3. The highest BCUT2D eigenvalue weighted by Crippen LogP contribution is 2.31. The van der Waals surface area contributed by atoms with Gasteiger partial charge in [-0.25, -0.2) is 12.8 Å². The highest BCUT2D eigenvalue weighted by atomic mass is 32.2. The molecule has 1 amide bonds. The van der Waals surface area contributed by atoms with Crippen LogP contribution >= 0.6 is 0 Å². The highest BCUT2D eigenvalue weighted by Gasteiger charge is 2.46. The van der Waals surface area contributed by atoms with E-state index in [-0.39, 0.29) is 30.8 Å². The van der Waals surface area contributed by atoms with Gasteiger partial charge in [-0.15, -0.1) is 0 Å². The van der Waals surface area contributed by atoms with E-state index in [9.17, 15) is 13.2 Å². The molecule has 0 radical (unpaired) electrons. The SMILES string of the molecule is O=C(N1CCOCC1)C1(F)CCN(S(=O)(=O)c2ccccc2)CC1. The Morgan fingerprint density at radius 2 is 1.62 bits per heavy atom. The zero-order valence-electron chi connectivity index (χ0n) is 13.4. The molecule has 6 nitrogen and oxygen atoms in total. The predicted molar refractivity (Wildman–Crippen MR) is 85.7 cm³/mol. The number of amides is 1. The number of halogens is 1. The lowest BCUT2D eigenvalue weighted by atomic mass is 9.92. The first kappa shape index (κ1) is 17.3. The van der Waals surface area contributed by atoms with E-state index in [0.29, 0.717) is 26.3 Å². The molecule has 0 bridgehead atoms. The first-order chi connectivity index (χ1) is 11.4. The van der Waals surface area contributed by atoms with Crippen molar-refractivity contribution in [1.29, 1.82) is 0 Å². The van der Waals surface area contributed by atoms with Gasteiger partial charge in [0.2, 0.25) is 10.0 Å². The average molecular weight is 356 g/mol. The minimum absolute atomic E-state index is 0.00378. The summed E-state index contributed by atoms with van der Waals surface area (Å²) in [4.78, 5) is 14.1. The minimum Gasteiger partial charge on any atom is -0.378 e. The summed E-state index contributed by atoms with van der Waals surface area (Å²) in [5, 5.41) is 0. The molecule has 0 aliphatic carbocycles. The largest absolute Gasteiger partial charge is 0.378 e. The van der Waals surface area contributed by atoms with Crippen LogP contribution in [0.2, 0.25) is 0 Å². The van der Waals surface area contributed by atoms with Gasteiger partial charge in [0.15, 0.2) is 5.67 Å². The van der Waals surface area contributed by atoms with Gasteiger partial charge >= 0.3 is 0 Å². The molecule has 3 rings (SSSR count). The predicted octanol–water partition coefficient (Wildman–Crippen LogP) is 1.04. The average Bonchev–Trinajstić information content (AvgIpc) is 2.63. The van der Waals surface area contributed by atoms with Gasteiger partial charge in [-0.3, -0.25) is 4.79 Å². The van der Waals surface area contributed by atoms with Crippen molar-refractivity contribution in [2.24, 2.45) is 0 Å². The monoisotopic (exact) mass is 356 g/mol. The summed E-state index contributed by atoms with van der Waals surface area (Å²) in [7, 11) is -3.64. The molecule has 0 unspecified atom stereocenters. The molecule has 2 aliphatic heterocycles. The Morgan fingerprint density at radius 1 is 1.04 bits per heavy atom. The number of sulfonamides is 1. The second-order valence-electron chi connectivity index (χ2n) is 6.09. The van der Waals surface area contributed by atoms with Gasteiger partial charge in [0.25, 0.3) is 5.91 Å². The van der Waals surface area contributed by atoms with Gasteiger partial charge in [-0.05, 0) is 12.1 Å². The quantitative estimate of drug-likeness (QED) is 0.812. The van der Waals surface area contributed by atoms with Crippen LogP contribution in [0.1, 0.15) is 12.8 Å². The van der Waals surface area contributed by atoms with E-state index >= 15 is 4.39 Å². The maximum atomic E-state index is 15.1. The number of rotatable bonds is 3. The van der Waals surface area contributed by atoms with Crippen molar-refractivity contribution in [2.45, 2.75) is 23.4 Å². The number of benzene rings is 1. The molecule has 24 heavy (non-hydrogen) atoms. The van der Waals surface area contributed by atoms with Gasteiger partial charge < -0.3 is 9.64 Å². The smallest absolute Gasteiger partial charge is 0.260 e. The van der Waals surface area contributed by atoms with Gasteiger partial charge in [-0.1, -0.05) is 18.2 Å². The van der Waals surface area contributed by atoms with Crippen LogP contribution in [0.3, 0.4) is 0 Å². The lowest BCUT2D eigenvalue weighted by molar-refractivity contribution is -0.150. The molecule has 8 heteroatoms. The van der Waals surface area contributed by atoms with Crippen molar-refractivity contribution < 1.29 is 22.3 Å². The summed E-state index contributed by atoms with van der Waals surface area (Å²) in [6, 6.07) is 8.08. The third kappa shape index (κ3) is 3.31.